The summed E-state index contributed by atoms with van der Waals surface area (Å²) in [7, 11) is 3.42. The largest absolute Gasteiger partial charge is 0.282 e. The standard InChI is InChI=1S/C15H24N4O2S2/c1-15(2,13(20)16-18(3)11(22)9-5-6-9)14(21)17-19(4)12(23)10-7-8-10/h9-10H,5-8H2,1-4H3,(H,16,20)(H,17,21). The summed E-state index contributed by atoms with van der Waals surface area (Å²) in [6.07, 6.45) is 4.25. The number of thiocarbonyl (C=S) groups is 2. The van der Waals surface area contributed by atoms with Crippen LogP contribution < -0.4 is 10.9 Å². The molecule has 0 heterocycles. The van der Waals surface area contributed by atoms with Crippen LogP contribution in [0.2, 0.25) is 0 Å². The molecule has 0 radical (unpaired) electrons. The fraction of sp³-hybridized carbons (Fsp3) is 0.733. The molecule has 0 aromatic rings. The number of nitrogens with one attached hydrogen (secondary N) is 2. The van der Waals surface area contributed by atoms with E-state index in [4.69, 9.17) is 24.4 Å². The summed E-state index contributed by atoms with van der Waals surface area (Å²) in [5.41, 5.74) is 4.17. The molecule has 8 heteroatoms. The van der Waals surface area contributed by atoms with Crippen LogP contribution in [0, 0.1) is 17.3 Å². The second-order valence-electron chi connectivity index (χ2n) is 6.85. The van der Waals surface area contributed by atoms with Gasteiger partial charge in [0.05, 0.1) is 9.98 Å². The van der Waals surface area contributed by atoms with E-state index in [-0.39, 0.29) is 0 Å². The zero-order valence-electron chi connectivity index (χ0n) is 14.0. The van der Waals surface area contributed by atoms with Crippen molar-refractivity contribution in [1.82, 2.24) is 20.9 Å². The molecule has 6 nitrogen and oxygen atoms in total. The van der Waals surface area contributed by atoms with Crippen molar-refractivity contribution in [1.29, 1.82) is 0 Å². The molecule has 2 aliphatic rings. The lowest BCUT2D eigenvalue weighted by Gasteiger charge is -2.30. The van der Waals surface area contributed by atoms with Crippen LogP contribution in [0.4, 0.5) is 0 Å². The third-order valence-corrected chi connectivity index (χ3v) is 5.40. The summed E-state index contributed by atoms with van der Waals surface area (Å²) in [5.74, 6) is -0.0546. The van der Waals surface area contributed by atoms with Crippen molar-refractivity contribution in [2.24, 2.45) is 17.3 Å². The topological polar surface area (TPSA) is 64.7 Å². The van der Waals surface area contributed by atoms with E-state index in [1.54, 1.807) is 38.0 Å². The number of nitrogens with zero attached hydrogens (tertiary/aromatic N) is 2. The molecule has 0 aromatic heterocycles. The first kappa shape index (κ1) is 18.1. The maximum Gasteiger partial charge on any atom is 0.253 e. The Morgan fingerprint density at radius 1 is 0.870 bits per heavy atom. The van der Waals surface area contributed by atoms with Crippen LogP contribution in [0.3, 0.4) is 0 Å². The average Bonchev–Trinajstić information content (AvgIpc) is 3.37. The number of carbonyl (C=O) groups is 2. The van der Waals surface area contributed by atoms with Crippen molar-refractivity contribution in [2.75, 3.05) is 14.1 Å². The van der Waals surface area contributed by atoms with Gasteiger partial charge in [-0.05, 0) is 39.5 Å². The molecule has 2 amide bonds. The molecule has 128 valence electrons. The second-order valence-corrected chi connectivity index (χ2v) is 7.69. The summed E-state index contributed by atoms with van der Waals surface area (Å²) in [6, 6.07) is 0. The second kappa shape index (κ2) is 6.68. The Hall–Kier alpha value is -1.28. The Labute approximate surface area is 147 Å². The summed E-state index contributed by atoms with van der Waals surface area (Å²) in [4.78, 5) is 26.3. The molecule has 23 heavy (non-hydrogen) atoms. The molecule has 0 spiro atoms. The smallest absolute Gasteiger partial charge is 0.253 e. The van der Waals surface area contributed by atoms with Crippen LogP contribution in [-0.2, 0) is 9.59 Å². The van der Waals surface area contributed by atoms with Gasteiger partial charge in [0.25, 0.3) is 11.8 Å². The fourth-order valence-electron chi connectivity index (χ4n) is 2.01. The molecule has 2 aliphatic carbocycles. The van der Waals surface area contributed by atoms with Gasteiger partial charge in [0, 0.05) is 25.9 Å². The number of rotatable bonds is 4. The van der Waals surface area contributed by atoms with Gasteiger partial charge in [-0.25, -0.2) is 0 Å². The van der Waals surface area contributed by atoms with Gasteiger partial charge < -0.3 is 0 Å². The van der Waals surface area contributed by atoms with Crippen molar-refractivity contribution in [3.63, 3.8) is 0 Å². The minimum Gasteiger partial charge on any atom is -0.282 e. The van der Waals surface area contributed by atoms with Crippen LogP contribution in [0.5, 0.6) is 0 Å². The minimum absolute atomic E-state index is 0.370. The highest BCUT2D eigenvalue weighted by Crippen LogP contribution is 2.32. The van der Waals surface area contributed by atoms with Gasteiger partial charge >= 0.3 is 0 Å². The zero-order valence-corrected chi connectivity index (χ0v) is 15.6. The van der Waals surface area contributed by atoms with Crippen molar-refractivity contribution < 1.29 is 9.59 Å². The number of hydrogen-bond acceptors (Lipinski definition) is 4. The fourth-order valence-corrected chi connectivity index (χ4v) is 2.57. The highest BCUT2D eigenvalue weighted by molar-refractivity contribution is 7.80. The first-order valence-corrected chi connectivity index (χ1v) is 8.63. The normalized spacial score (nSPS) is 17.2. The van der Waals surface area contributed by atoms with Gasteiger partial charge in [0.1, 0.15) is 5.41 Å². The Kier molecular flexibility index (Phi) is 5.25. The highest BCUT2D eigenvalue weighted by Gasteiger charge is 2.39. The first-order valence-electron chi connectivity index (χ1n) is 7.82. The van der Waals surface area contributed by atoms with Gasteiger partial charge in [-0.1, -0.05) is 24.4 Å². The molecule has 0 bridgehead atoms. The van der Waals surface area contributed by atoms with E-state index in [1.807, 2.05) is 0 Å². The minimum atomic E-state index is -1.24. The lowest BCUT2D eigenvalue weighted by Crippen LogP contribution is -2.56. The van der Waals surface area contributed by atoms with E-state index in [0.717, 1.165) is 25.7 Å². The van der Waals surface area contributed by atoms with E-state index >= 15 is 0 Å². The van der Waals surface area contributed by atoms with Gasteiger partial charge in [0.2, 0.25) is 0 Å². The molecule has 0 unspecified atom stereocenters. The van der Waals surface area contributed by atoms with Crippen molar-refractivity contribution in [3.8, 4) is 0 Å². The van der Waals surface area contributed by atoms with E-state index in [1.165, 1.54) is 0 Å². The van der Waals surface area contributed by atoms with Gasteiger partial charge in [-0.15, -0.1) is 0 Å². The predicted molar refractivity (Wildman–Crippen MR) is 96.2 cm³/mol. The molecule has 2 fully saturated rings. The third kappa shape index (κ3) is 4.38. The summed E-state index contributed by atoms with van der Waals surface area (Å²) in [5, 5.41) is 3.09. The Bertz CT molecular complexity index is 496. The van der Waals surface area contributed by atoms with E-state index < -0.39 is 17.2 Å². The van der Waals surface area contributed by atoms with E-state index in [9.17, 15) is 9.59 Å². The molecule has 0 saturated heterocycles. The lowest BCUT2D eigenvalue weighted by atomic mass is 9.91. The molecular weight excluding hydrogens is 332 g/mol. The Morgan fingerprint density at radius 2 is 1.17 bits per heavy atom. The van der Waals surface area contributed by atoms with Gasteiger partial charge in [0.15, 0.2) is 0 Å². The number of carbonyl (C=O) groups excluding carboxylic acids is 2. The lowest BCUT2D eigenvalue weighted by molar-refractivity contribution is -0.144. The summed E-state index contributed by atoms with van der Waals surface area (Å²) < 4.78 is 0. The molecule has 0 aromatic carbocycles. The maximum absolute atomic E-state index is 12.4. The number of hydrazine groups is 2. The van der Waals surface area contributed by atoms with E-state index in [0.29, 0.717) is 21.8 Å². The van der Waals surface area contributed by atoms with Gasteiger partial charge in [-0.3, -0.25) is 30.5 Å². The SMILES string of the molecule is CN(NC(=O)C(C)(C)C(=O)NN(C)C(=S)C1CC1)C(=S)C1CC1. The third-order valence-electron chi connectivity index (χ3n) is 4.19. The maximum atomic E-state index is 12.4. The molecule has 2 rings (SSSR count). The van der Waals surface area contributed by atoms with Crippen molar-refractivity contribution in [2.45, 2.75) is 39.5 Å². The Morgan fingerprint density at radius 3 is 1.43 bits per heavy atom. The quantitative estimate of drug-likeness (QED) is 0.451. The molecule has 0 atom stereocenters. The zero-order chi connectivity index (χ0) is 17.4. The summed E-state index contributed by atoms with van der Waals surface area (Å²) >= 11 is 10.6. The highest BCUT2D eigenvalue weighted by atomic mass is 32.1. The first-order chi connectivity index (χ1) is 10.6. The Balaban J connectivity index is 1.89. The van der Waals surface area contributed by atoms with Crippen LogP contribution in [0.15, 0.2) is 0 Å². The van der Waals surface area contributed by atoms with Crippen LogP contribution in [0.25, 0.3) is 0 Å². The molecule has 0 aliphatic heterocycles. The van der Waals surface area contributed by atoms with Crippen molar-refractivity contribution in [3.05, 3.63) is 0 Å². The summed E-state index contributed by atoms with van der Waals surface area (Å²) in [6.45, 7) is 3.17. The number of hydrogen-bond donors (Lipinski definition) is 2. The van der Waals surface area contributed by atoms with Crippen LogP contribution in [-0.4, -0.2) is 45.9 Å². The number of amides is 2. The monoisotopic (exact) mass is 356 g/mol. The van der Waals surface area contributed by atoms with Crippen LogP contribution >= 0.6 is 24.4 Å². The molecule has 2 N–H and O–H groups in total. The van der Waals surface area contributed by atoms with Gasteiger partial charge in [-0.2, -0.15) is 0 Å². The van der Waals surface area contributed by atoms with Crippen molar-refractivity contribution >= 4 is 46.2 Å². The van der Waals surface area contributed by atoms with E-state index in [2.05, 4.69) is 10.9 Å². The average molecular weight is 357 g/mol. The molecule has 2 saturated carbocycles. The predicted octanol–water partition coefficient (Wildman–Crippen LogP) is 1.41. The van der Waals surface area contributed by atoms with Crippen LogP contribution in [0.1, 0.15) is 39.5 Å². The molecular formula is C15H24N4O2S2.